The molecule has 0 unspecified atom stereocenters. The Labute approximate surface area is 312 Å². The van der Waals surface area contributed by atoms with Crippen molar-refractivity contribution in [3.8, 4) is 0 Å². The quantitative estimate of drug-likeness (QED) is 0.0538. The molecule has 0 radical (unpaired) electrons. The number of anilines is 1. The van der Waals surface area contributed by atoms with Crippen molar-refractivity contribution in [1.82, 2.24) is 21.4 Å². The molecule has 6 amide bonds. The van der Waals surface area contributed by atoms with Crippen molar-refractivity contribution in [1.29, 1.82) is 0 Å². The Hall–Kier alpha value is -4.32. The molecule has 1 aromatic rings. The SMILES string of the molecule is CC(C)ONC(=O)OCc1ccc(NC(=O)[C@H](CCCNC(N)=O)NC(=O)[C@@H](NC(=O)CCOCCOCCOCCCC(=O)C(C)C)C(C)C)cc1. The van der Waals surface area contributed by atoms with Crippen LogP contribution in [0, 0.1) is 11.8 Å². The molecule has 0 fully saturated rings. The van der Waals surface area contributed by atoms with Gasteiger partial charge in [-0.3, -0.25) is 24.0 Å². The largest absolute Gasteiger partial charge is 0.443 e. The van der Waals surface area contributed by atoms with Gasteiger partial charge in [0.1, 0.15) is 24.5 Å². The molecule has 53 heavy (non-hydrogen) atoms. The van der Waals surface area contributed by atoms with E-state index in [2.05, 4.69) is 26.7 Å². The normalized spacial score (nSPS) is 12.2. The Morgan fingerprint density at radius 3 is 1.94 bits per heavy atom. The fraction of sp³-hybridized carbons (Fsp3) is 0.667. The number of benzene rings is 1. The molecule has 2 atom stereocenters. The Bertz CT molecular complexity index is 1260. The molecule has 1 rings (SSSR count). The molecule has 0 heterocycles. The molecule has 17 nitrogen and oxygen atoms in total. The molecule has 7 N–H and O–H groups in total. The van der Waals surface area contributed by atoms with E-state index in [4.69, 9.17) is 29.5 Å². The first-order valence-corrected chi connectivity index (χ1v) is 18.1. The second-order valence-electron chi connectivity index (χ2n) is 13.1. The Morgan fingerprint density at radius 2 is 1.36 bits per heavy atom. The number of Topliss-reactive ketones (excluding diaryl/α,β-unsaturated/α-hetero) is 1. The topological polar surface area (TPSA) is 235 Å². The number of ketones is 1. The summed E-state index contributed by atoms with van der Waals surface area (Å²) < 4.78 is 21.5. The van der Waals surface area contributed by atoms with Crippen LogP contribution in [0.4, 0.5) is 15.3 Å². The average molecular weight is 753 g/mol. The monoisotopic (exact) mass is 752 g/mol. The number of hydrogen-bond acceptors (Lipinski definition) is 11. The first-order chi connectivity index (χ1) is 25.2. The highest BCUT2D eigenvalue weighted by Crippen LogP contribution is 2.13. The van der Waals surface area contributed by atoms with E-state index >= 15 is 0 Å². The van der Waals surface area contributed by atoms with E-state index in [9.17, 15) is 28.8 Å². The zero-order valence-corrected chi connectivity index (χ0v) is 32.0. The summed E-state index contributed by atoms with van der Waals surface area (Å²) >= 11 is 0. The minimum atomic E-state index is -1.01. The zero-order chi connectivity index (χ0) is 39.6. The molecule has 1 aromatic carbocycles. The fourth-order valence-electron chi connectivity index (χ4n) is 4.43. The van der Waals surface area contributed by atoms with Crippen LogP contribution in [0.1, 0.15) is 79.2 Å². The van der Waals surface area contributed by atoms with Gasteiger partial charge in [0, 0.05) is 37.6 Å². The number of urea groups is 1. The van der Waals surface area contributed by atoms with Crippen LogP contribution in [0.5, 0.6) is 0 Å². The van der Waals surface area contributed by atoms with E-state index in [0.717, 1.165) is 0 Å². The number of carbonyl (C=O) groups is 6. The molecule has 300 valence electrons. The van der Waals surface area contributed by atoms with Gasteiger partial charge in [0.25, 0.3) is 0 Å². The van der Waals surface area contributed by atoms with Crippen molar-refractivity contribution in [2.45, 2.75) is 98.4 Å². The van der Waals surface area contributed by atoms with Crippen molar-refractivity contribution < 1.29 is 52.6 Å². The third-order valence-corrected chi connectivity index (χ3v) is 7.41. The molecule has 0 aliphatic carbocycles. The fourth-order valence-corrected chi connectivity index (χ4v) is 4.43. The van der Waals surface area contributed by atoms with Gasteiger partial charge in [0.05, 0.1) is 39.1 Å². The lowest BCUT2D eigenvalue weighted by atomic mass is 10.0. The van der Waals surface area contributed by atoms with Crippen LogP contribution in [-0.4, -0.2) is 100 Å². The Balaban J connectivity index is 2.57. The highest BCUT2D eigenvalue weighted by Gasteiger charge is 2.29. The van der Waals surface area contributed by atoms with E-state index in [1.807, 2.05) is 13.8 Å². The van der Waals surface area contributed by atoms with Gasteiger partial charge >= 0.3 is 12.1 Å². The average Bonchev–Trinajstić information content (AvgIpc) is 3.10. The van der Waals surface area contributed by atoms with Crippen molar-refractivity contribution in [3.05, 3.63) is 29.8 Å². The third-order valence-electron chi connectivity index (χ3n) is 7.41. The Morgan fingerprint density at radius 1 is 0.736 bits per heavy atom. The predicted molar refractivity (Wildman–Crippen MR) is 196 cm³/mol. The van der Waals surface area contributed by atoms with Crippen LogP contribution in [0.3, 0.4) is 0 Å². The minimum absolute atomic E-state index is 0.00877. The first-order valence-electron chi connectivity index (χ1n) is 18.1. The van der Waals surface area contributed by atoms with Crippen LogP contribution in [-0.2, 0) is 49.6 Å². The molecule has 0 spiro atoms. The number of carbonyl (C=O) groups excluding carboxylic acids is 6. The summed E-state index contributed by atoms with van der Waals surface area (Å²) in [6.45, 7) is 12.9. The number of ether oxygens (including phenoxy) is 4. The van der Waals surface area contributed by atoms with Gasteiger partial charge in [0.2, 0.25) is 17.7 Å². The maximum atomic E-state index is 13.4. The number of amides is 6. The van der Waals surface area contributed by atoms with Gasteiger partial charge in [-0.15, -0.1) is 0 Å². The zero-order valence-electron chi connectivity index (χ0n) is 32.0. The molecule has 0 aromatic heterocycles. The molecular formula is C36H60N6O11. The standard InChI is InChI=1S/C36H60N6O11/c1-24(2)30(43)10-8-17-49-19-21-51-22-20-50-18-15-31(44)41-32(25(3)4)34(46)40-29(9-7-16-38-35(37)47)33(45)39-28-13-11-27(12-14-28)23-52-36(48)42-53-26(5)6/h11-14,24-26,29,32H,7-10,15-23H2,1-6H3,(H,39,45)(H,40,46)(H,41,44)(H,42,48)(H3,37,38,47)/t29-,32-/m0/s1. The summed E-state index contributed by atoms with van der Waals surface area (Å²) in [4.78, 5) is 78.8. The molecule has 0 bridgehead atoms. The van der Waals surface area contributed by atoms with E-state index in [1.54, 1.807) is 52.0 Å². The molecular weight excluding hydrogens is 692 g/mol. The number of rotatable bonds is 28. The van der Waals surface area contributed by atoms with Gasteiger partial charge < -0.3 is 45.9 Å². The van der Waals surface area contributed by atoms with Crippen LogP contribution in [0.25, 0.3) is 0 Å². The van der Waals surface area contributed by atoms with Crippen molar-refractivity contribution >= 4 is 41.3 Å². The molecule has 17 heteroatoms. The number of nitrogens with one attached hydrogen (secondary N) is 5. The summed E-state index contributed by atoms with van der Waals surface area (Å²) in [5.41, 5.74) is 8.41. The van der Waals surface area contributed by atoms with E-state index in [0.29, 0.717) is 56.9 Å². The van der Waals surface area contributed by atoms with Crippen LogP contribution in [0.2, 0.25) is 0 Å². The number of hydrogen-bond donors (Lipinski definition) is 6. The highest BCUT2D eigenvalue weighted by atomic mass is 16.7. The van der Waals surface area contributed by atoms with Crippen LogP contribution in [0.15, 0.2) is 24.3 Å². The lowest BCUT2D eigenvalue weighted by Gasteiger charge is -2.25. The van der Waals surface area contributed by atoms with E-state index in [1.165, 1.54) is 0 Å². The number of primary amides is 1. The smallest absolute Gasteiger partial charge is 0.431 e. The van der Waals surface area contributed by atoms with Crippen molar-refractivity contribution in [2.24, 2.45) is 17.6 Å². The predicted octanol–water partition coefficient (Wildman–Crippen LogP) is 2.71. The maximum absolute atomic E-state index is 13.4. The van der Waals surface area contributed by atoms with Gasteiger partial charge in [-0.25, -0.2) is 9.59 Å². The second kappa shape index (κ2) is 27.3. The van der Waals surface area contributed by atoms with E-state index in [-0.39, 0.29) is 62.9 Å². The lowest BCUT2D eigenvalue weighted by molar-refractivity contribution is -0.132. The van der Waals surface area contributed by atoms with Crippen molar-refractivity contribution in [2.75, 3.05) is 51.5 Å². The molecule has 0 saturated heterocycles. The highest BCUT2D eigenvalue weighted by molar-refractivity contribution is 5.98. The first kappa shape index (κ1) is 46.7. The third kappa shape index (κ3) is 23.1. The molecule has 0 aliphatic rings. The van der Waals surface area contributed by atoms with Gasteiger partial charge in [-0.2, -0.15) is 5.48 Å². The van der Waals surface area contributed by atoms with Gasteiger partial charge in [-0.1, -0.05) is 39.8 Å². The summed E-state index contributed by atoms with van der Waals surface area (Å²) in [6.07, 6.45) is 0.736. The number of hydroxylamine groups is 1. The van der Waals surface area contributed by atoms with Crippen LogP contribution >= 0.6 is 0 Å². The van der Waals surface area contributed by atoms with Gasteiger partial charge in [-0.05, 0) is 56.7 Å². The maximum Gasteiger partial charge on any atom is 0.431 e. The van der Waals surface area contributed by atoms with Crippen LogP contribution < -0.4 is 32.5 Å². The van der Waals surface area contributed by atoms with E-state index < -0.39 is 41.9 Å². The minimum Gasteiger partial charge on any atom is -0.443 e. The second-order valence-corrected chi connectivity index (χ2v) is 13.1. The summed E-state index contributed by atoms with van der Waals surface area (Å²) in [7, 11) is 0. The summed E-state index contributed by atoms with van der Waals surface area (Å²) in [6, 6.07) is 3.91. The van der Waals surface area contributed by atoms with Gasteiger partial charge in [0.15, 0.2) is 0 Å². The Kier molecular flexibility index (Phi) is 24.1. The molecule has 0 saturated carbocycles. The van der Waals surface area contributed by atoms with Crippen molar-refractivity contribution in [3.63, 3.8) is 0 Å². The molecule has 0 aliphatic heterocycles. The summed E-state index contributed by atoms with van der Waals surface area (Å²) in [5.74, 6) is -1.51. The number of nitrogens with two attached hydrogens (primary N) is 1. The summed E-state index contributed by atoms with van der Waals surface area (Å²) in [5, 5.41) is 10.7. The lowest BCUT2D eigenvalue weighted by Crippen LogP contribution is -2.54.